The van der Waals surface area contributed by atoms with E-state index in [4.69, 9.17) is 5.11 Å². The van der Waals surface area contributed by atoms with Crippen LogP contribution in [0.5, 0.6) is 0 Å². The highest BCUT2D eigenvalue weighted by Gasteiger charge is 2.33. The van der Waals surface area contributed by atoms with Crippen molar-refractivity contribution in [1.82, 2.24) is 5.32 Å². The number of carbonyl (C=O) groups excluding carboxylic acids is 1. The van der Waals surface area contributed by atoms with E-state index >= 15 is 0 Å². The summed E-state index contributed by atoms with van der Waals surface area (Å²) in [5.41, 5.74) is 0. The van der Waals surface area contributed by atoms with Crippen LogP contribution in [0.3, 0.4) is 0 Å². The number of nitrogens with one attached hydrogen (secondary N) is 1. The van der Waals surface area contributed by atoms with Crippen molar-refractivity contribution in [1.29, 1.82) is 0 Å². The van der Waals surface area contributed by atoms with Gasteiger partial charge >= 0.3 is 5.97 Å². The first-order chi connectivity index (χ1) is 11.1. The molecular formula is C18H19NO3S. The van der Waals surface area contributed by atoms with Gasteiger partial charge in [-0.1, -0.05) is 36.8 Å². The van der Waals surface area contributed by atoms with Crippen LogP contribution in [0.4, 0.5) is 0 Å². The zero-order chi connectivity index (χ0) is 16.2. The van der Waals surface area contributed by atoms with E-state index in [1.165, 1.54) is 17.1 Å². The van der Waals surface area contributed by atoms with Crippen LogP contribution in [0.2, 0.25) is 0 Å². The molecule has 23 heavy (non-hydrogen) atoms. The second kappa shape index (κ2) is 7.04. The van der Waals surface area contributed by atoms with Crippen molar-refractivity contribution in [2.45, 2.75) is 30.2 Å². The van der Waals surface area contributed by atoms with Crippen molar-refractivity contribution in [3.05, 3.63) is 42.5 Å². The van der Waals surface area contributed by atoms with Crippen molar-refractivity contribution < 1.29 is 14.7 Å². The van der Waals surface area contributed by atoms with Crippen LogP contribution in [0, 0.1) is 5.92 Å². The Bertz CT molecular complexity index is 731. The number of aliphatic carboxylic acids is 1. The molecule has 0 radical (unpaired) electrons. The van der Waals surface area contributed by atoms with Gasteiger partial charge in [0.2, 0.25) is 5.91 Å². The largest absolute Gasteiger partial charge is 0.481 e. The molecule has 0 heterocycles. The van der Waals surface area contributed by atoms with Gasteiger partial charge in [-0.3, -0.25) is 9.59 Å². The number of fused-ring (bicyclic) bond motifs is 1. The Morgan fingerprint density at radius 2 is 1.91 bits per heavy atom. The van der Waals surface area contributed by atoms with Gasteiger partial charge < -0.3 is 10.4 Å². The van der Waals surface area contributed by atoms with E-state index in [0.29, 0.717) is 12.2 Å². The molecule has 1 aliphatic rings. The van der Waals surface area contributed by atoms with Crippen LogP contribution >= 0.6 is 11.8 Å². The number of hydrogen-bond acceptors (Lipinski definition) is 3. The number of amides is 1. The molecule has 4 nitrogen and oxygen atoms in total. The van der Waals surface area contributed by atoms with Crippen molar-refractivity contribution in [3.8, 4) is 0 Å². The summed E-state index contributed by atoms with van der Waals surface area (Å²) in [5.74, 6) is -1.04. The van der Waals surface area contributed by atoms with Crippen LogP contribution in [0.1, 0.15) is 19.3 Å². The van der Waals surface area contributed by atoms with Gasteiger partial charge in [-0.15, -0.1) is 11.8 Å². The number of thioether (sulfide) groups is 1. The van der Waals surface area contributed by atoms with E-state index in [2.05, 4.69) is 23.5 Å². The van der Waals surface area contributed by atoms with E-state index in [-0.39, 0.29) is 11.9 Å². The van der Waals surface area contributed by atoms with Crippen LogP contribution in [-0.2, 0) is 9.59 Å². The minimum Gasteiger partial charge on any atom is -0.481 e. The highest BCUT2D eigenvalue weighted by molar-refractivity contribution is 8.00. The second-order valence-corrected chi connectivity index (χ2v) is 6.90. The van der Waals surface area contributed by atoms with Gasteiger partial charge in [0.05, 0.1) is 11.7 Å². The summed E-state index contributed by atoms with van der Waals surface area (Å²) in [4.78, 5) is 24.3. The zero-order valence-electron chi connectivity index (χ0n) is 12.7. The molecule has 2 atom stereocenters. The van der Waals surface area contributed by atoms with Gasteiger partial charge in [-0.05, 0) is 35.7 Å². The Labute approximate surface area is 139 Å². The Balaban J connectivity index is 1.56. The lowest BCUT2D eigenvalue weighted by Crippen LogP contribution is -2.40. The Morgan fingerprint density at radius 3 is 2.70 bits per heavy atom. The maximum atomic E-state index is 12.1. The molecule has 0 unspecified atom stereocenters. The van der Waals surface area contributed by atoms with Gasteiger partial charge in [0.25, 0.3) is 0 Å². The molecule has 0 aromatic heterocycles. The number of rotatable bonds is 5. The lowest BCUT2D eigenvalue weighted by Gasteiger charge is -2.17. The van der Waals surface area contributed by atoms with Crippen molar-refractivity contribution in [2.75, 3.05) is 5.75 Å². The molecule has 0 spiro atoms. The maximum Gasteiger partial charge on any atom is 0.308 e. The standard InChI is InChI=1S/C18H19NO3S/c20-17(19-16-7-3-6-15(16)18(21)22)11-23-14-9-8-12-4-1-2-5-13(12)10-14/h1-2,4-5,8-10,15-16H,3,6-7,11H2,(H,19,20)(H,21,22)/t15-,16+/m1/s1. The van der Waals surface area contributed by atoms with Crippen LogP contribution in [0.15, 0.2) is 47.4 Å². The normalized spacial score (nSPS) is 20.5. The average Bonchev–Trinajstić information content (AvgIpc) is 3.01. The second-order valence-electron chi connectivity index (χ2n) is 5.85. The lowest BCUT2D eigenvalue weighted by molar-refractivity contribution is -0.142. The van der Waals surface area contributed by atoms with Crippen molar-refractivity contribution >= 4 is 34.4 Å². The Kier molecular flexibility index (Phi) is 4.86. The molecular weight excluding hydrogens is 310 g/mol. The molecule has 0 bridgehead atoms. The molecule has 1 fully saturated rings. The first kappa shape index (κ1) is 15.9. The summed E-state index contributed by atoms with van der Waals surface area (Å²) in [5, 5.41) is 14.4. The Morgan fingerprint density at radius 1 is 1.13 bits per heavy atom. The predicted molar refractivity (Wildman–Crippen MR) is 91.6 cm³/mol. The quantitative estimate of drug-likeness (QED) is 0.826. The van der Waals surface area contributed by atoms with Gasteiger partial charge in [-0.25, -0.2) is 0 Å². The van der Waals surface area contributed by atoms with E-state index in [0.717, 1.165) is 23.1 Å². The van der Waals surface area contributed by atoms with Crippen LogP contribution < -0.4 is 5.32 Å². The van der Waals surface area contributed by atoms with Crippen molar-refractivity contribution in [2.24, 2.45) is 5.92 Å². The summed E-state index contributed by atoms with van der Waals surface area (Å²) in [6, 6.07) is 14.0. The summed E-state index contributed by atoms with van der Waals surface area (Å²) < 4.78 is 0. The van der Waals surface area contributed by atoms with Crippen molar-refractivity contribution in [3.63, 3.8) is 0 Å². The smallest absolute Gasteiger partial charge is 0.308 e. The molecule has 5 heteroatoms. The molecule has 1 amide bonds. The van der Waals surface area contributed by atoms with E-state index < -0.39 is 11.9 Å². The lowest BCUT2D eigenvalue weighted by atomic mass is 10.0. The molecule has 2 aromatic carbocycles. The van der Waals surface area contributed by atoms with E-state index in [1.807, 2.05) is 24.3 Å². The molecule has 120 valence electrons. The van der Waals surface area contributed by atoms with Gasteiger partial charge in [-0.2, -0.15) is 0 Å². The summed E-state index contributed by atoms with van der Waals surface area (Å²) >= 11 is 1.48. The Hall–Kier alpha value is -2.01. The number of carbonyl (C=O) groups is 2. The van der Waals surface area contributed by atoms with E-state index in [1.54, 1.807) is 0 Å². The summed E-state index contributed by atoms with van der Waals surface area (Å²) in [6.45, 7) is 0. The fourth-order valence-corrected chi connectivity index (χ4v) is 3.84. The third-order valence-corrected chi connectivity index (χ3v) is 5.26. The van der Waals surface area contributed by atoms with Gasteiger partial charge in [0.1, 0.15) is 0 Å². The SMILES string of the molecule is O=C(CSc1ccc2ccccc2c1)N[C@H]1CCC[C@H]1C(=O)O. The molecule has 0 aliphatic heterocycles. The monoisotopic (exact) mass is 329 g/mol. The van der Waals surface area contributed by atoms with Crippen LogP contribution in [0.25, 0.3) is 10.8 Å². The molecule has 1 aliphatic carbocycles. The highest BCUT2D eigenvalue weighted by Crippen LogP contribution is 2.27. The van der Waals surface area contributed by atoms with E-state index in [9.17, 15) is 9.59 Å². The molecule has 1 saturated carbocycles. The number of carboxylic acids is 1. The summed E-state index contributed by atoms with van der Waals surface area (Å²) in [6.07, 6.45) is 2.27. The summed E-state index contributed by atoms with van der Waals surface area (Å²) in [7, 11) is 0. The fourth-order valence-electron chi connectivity index (χ4n) is 3.08. The number of hydrogen-bond donors (Lipinski definition) is 2. The minimum atomic E-state index is -0.810. The topological polar surface area (TPSA) is 66.4 Å². The first-order valence-electron chi connectivity index (χ1n) is 7.77. The van der Waals surface area contributed by atoms with Crippen LogP contribution in [-0.4, -0.2) is 28.8 Å². The molecule has 2 aromatic rings. The zero-order valence-corrected chi connectivity index (χ0v) is 13.5. The third-order valence-electron chi connectivity index (χ3n) is 4.27. The van der Waals surface area contributed by atoms with Gasteiger partial charge in [0.15, 0.2) is 0 Å². The maximum absolute atomic E-state index is 12.1. The molecule has 3 rings (SSSR count). The fraction of sp³-hybridized carbons (Fsp3) is 0.333. The highest BCUT2D eigenvalue weighted by atomic mass is 32.2. The molecule has 0 saturated heterocycles. The molecule has 2 N–H and O–H groups in total. The first-order valence-corrected chi connectivity index (χ1v) is 8.76. The average molecular weight is 329 g/mol. The van der Waals surface area contributed by atoms with Gasteiger partial charge in [0, 0.05) is 10.9 Å². The minimum absolute atomic E-state index is 0.0960. The third kappa shape index (κ3) is 3.85. The number of benzene rings is 2. The number of carboxylic acid groups (broad SMARTS) is 1. The predicted octanol–water partition coefficient (Wildman–Crippen LogP) is 3.30.